The molecule has 10 nitrogen and oxygen atoms in total. The molecule has 10 heteroatoms. The summed E-state index contributed by atoms with van der Waals surface area (Å²) in [5.74, 6) is 0.0324. The highest BCUT2D eigenvalue weighted by molar-refractivity contribution is 5.74. The van der Waals surface area contributed by atoms with E-state index >= 15 is 0 Å². The minimum Gasteiger partial charge on any atom is -0.361 e. The molecule has 1 saturated carbocycles. The van der Waals surface area contributed by atoms with Crippen LogP contribution in [0.2, 0.25) is 0 Å². The van der Waals surface area contributed by atoms with E-state index in [0.717, 1.165) is 53.9 Å². The van der Waals surface area contributed by atoms with Crippen molar-refractivity contribution in [3.63, 3.8) is 0 Å². The summed E-state index contributed by atoms with van der Waals surface area (Å²) in [7, 11) is 0. The van der Waals surface area contributed by atoms with Crippen LogP contribution in [0.15, 0.2) is 23.3 Å². The molecule has 180 valence electrons. The zero-order valence-electron chi connectivity index (χ0n) is 19.9. The van der Waals surface area contributed by atoms with E-state index in [0.29, 0.717) is 5.65 Å². The highest BCUT2D eigenvalue weighted by Crippen LogP contribution is 2.45. The van der Waals surface area contributed by atoms with Gasteiger partial charge in [-0.05, 0) is 40.5 Å². The smallest absolute Gasteiger partial charge is 0.166 e. The Hall–Kier alpha value is -2.66. The maximum Gasteiger partial charge on any atom is 0.166 e. The fourth-order valence-corrected chi connectivity index (χ4v) is 5.55. The number of imidazole rings is 1. The molecule has 0 unspecified atom stereocenters. The fraction of sp³-hybridized carbons (Fsp3) is 0.583. The van der Waals surface area contributed by atoms with E-state index in [-0.39, 0.29) is 18.3 Å². The Labute approximate surface area is 197 Å². The summed E-state index contributed by atoms with van der Waals surface area (Å²) in [6, 6.07) is 0. The van der Waals surface area contributed by atoms with Crippen molar-refractivity contribution in [3.05, 3.63) is 41.4 Å². The van der Waals surface area contributed by atoms with Gasteiger partial charge in [0.1, 0.15) is 35.9 Å². The molecule has 4 atom stereocenters. The second-order valence-electron chi connectivity index (χ2n) is 10.1. The third-order valence-corrected chi connectivity index (χ3v) is 7.21. The summed E-state index contributed by atoms with van der Waals surface area (Å²) in [6.45, 7) is 7.64. The van der Waals surface area contributed by atoms with Crippen molar-refractivity contribution in [2.45, 2.75) is 89.2 Å². The van der Waals surface area contributed by atoms with Crippen molar-refractivity contribution in [3.8, 4) is 0 Å². The van der Waals surface area contributed by atoms with Crippen LogP contribution in [0.25, 0.3) is 17.2 Å². The van der Waals surface area contributed by atoms with Gasteiger partial charge in [-0.3, -0.25) is 4.57 Å². The molecule has 3 aliphatic rings. The molecule has 2 aliphatic heterocycles. The van der Waals surface area contributed by atoms with Crippen molar-refractivity contribution in [2.24, 2.45) is 5.73 Å². The van der Waals surface area contributed by atoms with Crippen molar-refractivity contribution < 1.29 is 18.7 Å². The zero-order valence-corrected chi connectivity index (χ0v) is 19.9. The number of nitrogens with two attached hydrogens (primary N) is 1. The molecule has 2 N–H and O–H groups in total. The molecule has 0 aromatic carbocycles. The van der Waals surface area contributed by atoms with Gasteiger partial charge in [-0.25, -0.2) is 15.0 Å². The number of nitrogens with zero attached hydrogens (tertiary/aromatic N) is 5. The lowest BCUT2D eigenvalue weighted by atomic mass is 9.94. The van der Waals surface area contributed by atoms with Crippen molar-refractivity contribution in [2.75, 3.05) is 0 Å². The lowest BCUT2D eigenvalue weighted by Crippen LogP contribution is -2.34. The Bertz CT molecular complexity index is 1240. The molecule has 0 spiro atoms. The van der Waals surface area contributed by atoms with Crippen LogP contribution in [0.4, 0.5) is 0 Å². The monoisotopic (exact) mass is 466 g/mol. The largest absolute Gasteiger partial charge is 0.361 e. The van der Waals surface area contributed by atoms with Crippen LogP contribution in [0.1, 0.15) is 68.5 Å². The summed E-state index contributed by atoms with van der Waals surface area (Å²) < 4.78 is 26.2. The summed E-state index contributed by atoms with van der Waals surface area (Å²) in [5.41, 5.74) is 10.3. The highest BCUT2D eigenvalue weighted by atomic mass is 16.8. The first-order chi connectivity index (χ1) is 16.3. The van der Waals surface area contributed by atoms with Gasteiger partial charge in [0.15, 0.2) is 17.7 Å². The predicted molar refractivity (Wildman–Crippen MR) is 122 cm³/mol. The van der Waals surface area contributed by atoms with Gasteiger partial charge in [-0.2, -0.15) is 0 Å². The normalized spacial score (nSPS) is 30.0. The number of hydrogen-bond donors (Lipinski definition) is 1. The molecule has 3 aromatic heterocycles. The molecule has 2 saturated heterocycles. The van der Waals surface area contributed by atoms with E-state index in [4.69, 9.17) is 24.5 Å². The van der Waals surface area contributed by atoms with Gasteiger partial charge in [0.2, 0.25) is 0 Å². The van der Waals surface area contributed by atoms with E-state index in [1.807, 2.05) is 44.4 Å². The predicted octanol–water partition coefficient (Wildman–Crippen LogP) is 3.29. The topological polar surface area (TPSA) is 123 Å². The SMILES string of the molecule is Cc1noc(C)c1C=C[C@H]1O[C@@H](n2cnc3c(C4(N)CCCC4)ncnc32)[C@@H]2OC(C)(C)O[C@@H]21. The van der Waals surface area contributed by atoms with Crippen molar-refractivity contribution >= 4 is 17.2 Å². The first-order valence-electron chi connectivity index (χ1n) is 11.8. The van der Waals surface area contributed by atoms with E-state index in [9.17, 15) is 0 Å². The number of ether oxygens (including phenoxy) is 3. The van der Waals surface area contributed by atoms with Crippen LogP contribution >= 0.6 is 0 Å². The van der Waals surface area contributed by atoms with Crippen molar-refractivity contribution in [1.29, 1.82) is 0 Å². The molecule has 3 fully saturated rings. The van der Waals surface area contributed by atoms with E-state index in [1.165, 1.54) is 0 Å². The average Bonchev–Trinajstić information content (AvgIpc) is 3.59. The van der Waals surface area contributed by atoms with Crippen LogP contribution < -0.4 is 5.73 Å². The minimum absolute atomic E-state index is 0.286. The summed E-state index contributed by atoms with van der Waals surface area (Å²) in [6.07, 6.45) is 9.86. The van der Waals surface area contributed by atoms with E-state index in [2.05, 4.69) is 20.1 Å². The Morgan fingerprint density at radius 3 is 2.59 bits per heavy atom. The molecule has 3 aromatic rings. The van der Waals surface area contributed by atoms with Gasteiger partial charge in [0, 0.05) is 5.56 Å². The van der Waals surface area contributed by atoms with E-state index in [1.54, 1.807) is 12.7 Å². The van der Waals surface area contributed by atoms with Gasteiger partial charge in [0.05, 0.1) is 23.3 Å². The Morgan fingerprint density at radius 1 is 1.09 bits per heavy atom. The quantitative estimate of drug-likeness (QED) is 0.617. The van der Waals surface area contributed by atoms with Crippen LogP contribution in [0.5, 0.6) is 0 Å². The molecular formula is C24H30N6O4. The third-order valence-electron chi connectivity index (χ3n) is 7.21. The Balaban J connectivity index is 1.37. The summed E-state index contributed by atoms with van der Waals surface area (Å²) in [5, 5.41) is 4.03. The number of aromatic nitrogens is 5. The molecule has 0 radical (unpaired) electrons. The minimum atomic E-state index is -0.728. The molecule has 1 aliphatic carbocycles. The average molecular weight is 467 g/mol. The number of hydrogen-bond acceptors (Lipinski definition) is 9. The highest BCUT2D eigenvalue weighted by Gasteiger charge is 2.55. The fourth-order valence-electron chi connectivity index (χ4n) is 5.55. The lowest BCUT2D eigenvalue weighted by Gasteiger charge is -2.24. The third kappa shape index (κ3) is 3.39. The lowest BCUT2D eigenvalue weighted by molar-refractivity contribution is -0.191. The number of rotatable bonds is 4. The Kier molecular flexibility index (Phi) is 4.93. The molecule has 5 heterocycles. The van der Waals surface area contributed by atoms with Gasteiger partial charge < -0.3 is 24.5 Å². The van der Waals surface area contributed by atoms with Crippen LogP contribution in [-0.4, -0.2) is 48.8 Å². The summed E-state index contributed by atoms with van der Waals surface area (Å²) in [4.78, 5) is 13.8. The number of aryl methyl sites for hydroxylation is 2. The van der Waals surface area contributed by atoms with E-state index < -0.39 is 17.6 Å². The van der Waals surface area contributed by atoms with Crippen LogP contribution in [0.3, 0.4) is 0 Å². The van der Waals surface area contributed by atoms with Gasteiger partial charge >= 0.3 is 0 Å². The first kappa shape index (κ1) is 21.8. The Morgan fingerprint density at radius 2 is 1.85 bits per heavy atom. The van der Waals surface area contributed by atoms with Gasteiger partial charge in [0.25, 0.3) is 0 Å². The maximum absolute atomic E-state index is 6.73. The van der Waals surface area contributed by atoms with Gasteiger partial charge in [-0.1, -0.05) is 30.2 Å². The molecule has 34 heavy (non-hydrogen) atoms. The second-order valence-corrected chi connectivity index (χ2v) is 10.1. The molecule has 0 amide bonds. The zero-order chi connectivity index (χ0) is 23.7. The second kappa shape index (κ2) is 7.67. The molecular weight excluding hydrogens is 436 g/mol. The summed E-state index contributed by atoms with van der Waals surface area (Å²) >= 11 is 0. The van der Waals surface area contributed by atoms with Crippen molar-refractivity contribution in [1.82, 2.24) is 24.7 Å². The standard InChI is InChI=1S/C24H30N6O4/c1-13-15(14(2)34-29-13)7-8-16-18-19(33-23(3,4)32-18)22(31-16)30-12-28-17-20(26-11-27-21(17)30)24(25)9-5-6-10-24/h7-8,11-12,16,18-19,22H,5-6,9-10,25H2,1-4H3/t16-,18-,19-,22-/m1/s1. The number of fused-ring (bicyclic) bond motifs is 2. The van der Waals surface area contributed by atoms with Crippen LogP contribution in [0, 0.1) is 13.8 Å². The van der Waals surface area contributed by atoms with Gasteiger partial charge in [-0.15, -0.1) is 0 Å². The first-order valence-corrected chi connectivity index (χ1v) is 11.8. The molecule has 6 rings (SSSR count). The molecule has 0 bridgehead atoms. The van der Waals surface area contributed by atoms with Crippen LogP contribution in [-0.2, 0) is 19.7 Å². The maximum atomic E-state index is 6.73.